The summed E-state index contributed by atoms with van der Waals surface area (Å²) in [5.74, 6) is 1.23. The summed E-state index contributed by atoms with van der Waals surface area (Å²) < 4.78 is 5.78. The summed E-state index contributed by atoms with van der Waals surface area (Å²) in [6, 6.07) is 11.5. The van der Waals surface area contributed by atoms with Crippen LogP contribution in [0.4, 0.5) is 0 Å². The molecule has 0 spiro atoms. The number of halogens is 1. The fraction of sp³-hybridized carbons (Fsp3) is 0.312. The molecule has 0 radical (unpaired) electrons. The van der Waals surface area contributed by atoms with Crippen LogP contribution in [0.2, 0.25) is 0 Å². The first kappa shape index (κ1) is 13.9. The van der Waals surface area contributed by atoms with Crippen molar-refractivity contribution in [2.75, 3.05) is 5.88 Å². The van der Waals surface area contributed by atoms with Crippen LogP contribution < -0.4 is 4.74 Å². The van der Waals surface area contributed by atoms with Crippen molar-refractivity contribution < 1.29 is 9.53 Å². The molecule has 0 saturated carbocycles. The summed E-state index contributed by atoms with van der Waals surface area (Å²) in [4.78, 5) is 12.1. The smallest absolute Gasteiger partial charge is 0.164 e. The molecule has 19 heavy (non-hydrogen) atoms. The average Bonchev–Trinajstić information content (AvgIpc) is 2.38. The molecule has 2 aromatic rings. The van der Waals surface area contributed by atoms with Crippen molar-refractivity contribution >= 4 is 28.2 Å². The van der Waals surface area contributed by atoms with E-state index in [-0.39, 0.29) is 11.9 Å². The quantitative estimate of drug-likeness (QED) is 0.596. The Kier molecular flexibility index (Phi) is 4.43. The van der Waals surface area contributed by atoms with Gasteiger partial charge in [-0.15, -0.1) is 11.6 Å². The normalized spacial score (nSPS) is 10.9. The minimum absolute atomic E-state index is 0.0716. The second-order valence-electron chi connectivity index (χ2n) is 4.69. The van der Waals surface area contributed by atoms with Crippen molar-refractivity contribution in [2.24, 2.45) is 0 Å². The SMILES string of the molecule is CC(C)Oc1ccc(C(=O)CCCl)c2ccccc12. The van der Waals surface area contributed by atoms with Crippen molar-refractivity contribution in [1.29, 1.82) is 0 Å². The monoisotopic (exact) mass is 276 g/mol. The zero-order chi connectivity index (χ0) is 13.8. The highest BCUT2D eigenvalue weighted by atomic mass is 35.5. The topological polar surface area (TPSA) is 26.3 Å². The lowest BCUT2D eigenvalue weighted by Crippen LogP contribution is -2.07. The largest absolute Gasteiger partial charge is 0.490 e. The molecule has 0 N–H and O–H groups in total. The number of hydrogen-bond acceptors (Lipinski definition) is 2. The Morgan fingerprint density at radius 1 is 1.16 bits per heavy atom. The van der Waals surface area contributed by atoms with Gasteiger partial charge in [-0.1, -0.05) is 24.3 Å². The lowest BCUT2D eigenvalue weighted by Gasteiger charge is -2.14. The predicted molar refractivity (Wildman–Crippen MR) is 79.4 cm³/mol. The van der Waals surface area contributed by atoms with E-state index in [1.807, 2.05) is 50.2 Å². The van der Waals surface area contributed by atoms with Crippen LogP contribution >= 0.6 is 11.6 Å². The molecule has 0 aromatic heterocycles. The second kappa shape index (κ2) is 6.07. The van der Waals surface area contributed by atoms with E-state index < -0.39 is 0 Å². The third-order valence-electron chi connectivity index (χ3n) is 2.87. The van der Waals surface area contributed by atoms with Gasteiger partial charge >= 0.3 is 0 Å². The van der Waals surface area contributed by atoms with Gasteiger partial charge in [0.2, 0.25) is 0 Å². The van der Waals surface area contributed by atoms with Gasteiger partial charge in [-0.2, -0.15) is 0 Å². The highest BCUT2D eigenvalue weighted by Gasteiger charge is 2.12. The summed E-state index contributed by atoms with van der Waals surface area (Å²) in [6.45, 7) is 3.97. The van der Waals surface area contributed by atoms with Gasteiger partial charge in [0.25, 0.3) is 0 Å². The van der Waals surface area contributed by atoms with Crippen molar-refractivity contribution in [3.8, 4) is 5.75 Å². The first-order valence-corrected chi connectivity index (χ1v) is 6.94. The van der Waals surface area contributed by atoms with E-state index in [4.69, 9.17) is 16.3 Å². The second-order valence-corrected chi connectivity index (χ2v) is 5.06. The van der Waals surface area contributed by atoms with Crippen molar-refractivity contribution in [1.82, 2.24) is 0 Å². The molecule has 0 aliphatic rings. The number of alkyl halides is 1. The number of carbonyl (C=O) groups excluding carboxylic acids is 1. The van der Waals surface area contributed by atoms with E-state index in [0.717, 1.165) is 16.5 Å². The zero-order valence-electron chi connectivity index (χ0n) is 11.2. The number of carbonyl (C=O) groups is 1. The lowest BCUT2D eigenvalue weighted by molar-refractivity contribution is 0.0991. The Bertz CT molecular complexity index is 590. The van der Waals surface area contributed by atoms with E-state index in [2.05, 4.69) is 0 Å². The number of fused-ring (bicyclic) bond motifs is 1. The molecular formula is C16H17ClO2. The molecule has 0 fully saturated rings. The molecule has 2 nitrogen and oxygen atoms in total. The molecular weight excluding hydrogens is 260 g/mol. The van der Waals surface area contributed by atoms with E-state index in [1.165, 1.54) is 0 Å². The van der Waals surface area contributed by atoms with Gasteiger partial charge in [0.15, 0.2) is 5.78 Å². The fourth-order valence-corrected chi connectivity index (χ4v) is 2.26. The molecule has 0 heterocycles. The number of ketones is 1. The molecule has 0 atom stereocenters. The van der Waals surface area contributed by atoms with Crippen molar-refractivity contribution in [3.63, 3.8) is 0 Å². The third-order valence-corrected chi connectivity index (χ3v) is 3.06. The Balaban J connectivity index is 2.55. The number of benzene rings is 2. The molecule has 2 rings (SSSR count). The fourth-order valence-electron chi connectivity index (χ4n) is 2.09. The molecule has 0 amide bonds. The van der Waals surface area contributed by atoms with Crippen LogP contribution in [0.5, 0.6) is 5.75 Å². The minimum atomic E-state index is 0.0716. The number of hydrogen-bond donors (Lipinski definition) is 0. The van der Waals surface area contributed by atoms with Gasteiger partial charge in [0.1, 0.15) is 5.75 Å². The van der Waals surface area contributed by atoms with Gasteiger partial charge in [-0.25, -0.2) is 0 Å². The molecule has 100 valence electrons. The van der Waals surface area contributed by atoms with Gasteiger partial charge in [-0.3, -0.25) is 4.79 Å². The summed E-state index contributed by atoms with van der Waals surface area (Å²) in [6.07, 6.45) is 0.462. The highest BCUT2D eigenvalue weighted by Crippen LogP contribution is 2.30. The van der Waals surface area contributed by atoms with Crippen LogP contribution in [0.25, 0.3) is 10.8 Å². The Hall–Kier alpha value is -1.54. The van der Waals surface area contributed by atoms with Crippen molar-refractivity contribution in [2.45, 2.75) is 26.4 Å². The molecule has 0 bridgehead atoms. The molecule has 2 aromatic carbocycles. The molecule has 0 unspecified atom stereocenters. The summed E-state index contributed by atoms with van der Waals surface area (Å²) in [7, 11) is 0. The molecule has 0 saturated heterocycles. The maximum Gasteiger partial charge on any atom is 0.164 e. The van der Waals surface area contributed by atoms with E-state index >= 15 is 0 Å². The molecule has 0 aliphatic carbocycles. The number of rotatable bonds is 5. The first-order chi connectivity index (χ1) is 9.13. The number of Topliss-reactive ketones (excluding diaryl/α,β-unsaturated/α-hetero) is 1. The molecule has 0 aliphatic heterocycles. The minimum Gasteiger partial charge on any atom is -0.490 e. The van der Waals surface area contributed by atoms with Gasteiger partial charge in [-0.05, 0) is 31.4 Å². The Labute approximate surface area is 118 Å². The van der Waals surface area contributed by atoms with Crippen molar-refractivity contribution in [3.05, 3.63) is 42.0 Å². The summed E-state index contributed by atoms with van der Waals surface area (Å²) in [5.41, 5.74) is 0.715. The Morgan fingerprint density at radius 2 is 1.84 bits per heavy atom. The highest BCUT2D eigenvalue weighted by molar-refractivity contribution is 6.20. The molecule has 3 heteroatoms. The van der Waals surface area contributed by atoms with Gasteiger partial charge < -0.3 is 4.74 Å². The summed E-state index contributed by atoms with van der Waals surface area (Å²) in [5, 5.41) is 1.90. The van der Waals surface area contributed by atoms with E-state index in [1.54, 1.807) is 0 Å². The van der Waals surface area contributed by atoms with Gasteiger partial charge in [0, 0.05) is 23.3 Å². The Morgan fingerprint density at radius 3 is 2.47 bits per heavy atom. The van der Waals surface area contributed by atoms with Crippen LogP contribution in [0.3, 0.4) is 0 Å². The number of ether oxygens (including phenoxy) is 1. The van der Waals surface area contributed by atoms with Crippen LogP contribution in [0.15, 0.2) is 36.4 Å². The van der Waals surface area contributed by atoms with E-state index in [9.17, 15) is 4.79 Å². The zero-order valence-corrected chi connectivity index (χ0v) is 11.9. The van der Waals surface area contributed by atoms with E-state index in [0.29, 0.717) is 17.9 Å². The third kappa shape index (κ3) is 3.07. The van der Waals surface area contributed by atoms with Crippen LogP contribution in [-0.2, 0) is 0 Å². The van der Waals surface area contributed by atoms with Crippen LogP contribution in [-0.4, -0.2) is 17.8 Å². The van der Waals surface area contributed by atoms with Crippen LogP contribution in [0.1, 0.15) is 30.6 Å². The lowest BCUT2D eigenvalue weighted by atomic mass is 9.99. The van der Waals surface area contributed by atoms with Gasteiger partial charge in [0.05, 0.1) is 6.10 Å². The average molecular weight is 277 g/mol. The maximum absolute atomic E-state index is 12.1. The summed E-state index contributed by atoms with van der Waals surface area (Å²) >= 11 is 5.65. The van der Waals surface area contributed by atoms with Crippen LogP contribution in [0, 0.1) is 0 Å². The first-order valence-electron chi connectivity index (χ1n) is 6.41. The maximum atomic E-state index is 12.1. The standard InChI is InChI=1S/C16H17ClO2/c1-11(2)19-16-8-7-13(15(18)9-10-17)12-5-3-4-6-14(12)16/h3-8,11H,9-10H2,1-2H3. The predicted octanol–water partition coefficient (Wildman–Crippen LogP) is 4.44.